The number of nitrogens with one attached hydrogen (secondary N) is 2. The van der Waals surface area contributed by atoms with Gasteiger partial charge in [-0.3, -0.25) is 9.89 Å². The van der Waals surface area contributed by atoms with Gasteiger partial charge < -0.3 is 5.32 Å². The van der Waals surface area contributed by atoms with E-state index in [1.54, 1.807) is 6.20 Å². The van der Waals surface area contributed by atoms with E-state index in [1.165, 1.54) is 19.3 Å². The highest BCUT2D eigenvalue weighted by atomic mass is 16.1. The molecule has 18 heavy (non-hydrogen) atoms. The van der Waals surface area contributed by atoms with Gasteiger partial charge >= 0.3 is 0 Å². The van der Waals surface area contributed by atoms with Gasteiger partial charge in [0.15, 0.2) is 0 Å². The first-order chi connectivity index (χ1) is 8.84. The molecule has 0 radical (unpaired) electrons. The molecule has 1 fully saturated rings. The van der Waals surface area contributed by atoms with Crippen LogP contribution in [0.5, 0.6) is 0 Å². The second-order valence-electron chi connectivity index (χ2n) is 4.95. The van der Waals surface area contributed by atoms with Crippen molar-refractivity contribution in [1.29, 1.82) is 0 Å². The quantitative estimate of drug-likeness (QED) is 0.851. The lowest BCUT2D eigenvalue weighted by atomic mass is 9.95. The van der Waals surface area contributed by atoms with Crippen LogP contribution in [0.2, 0.25) is 0 Å². The van der Waals surface area contributed by atoms with E-state index < -0.39 is 0 Å². The number of nitrogens with zero attached hydrogens (tertiary/aromatic N) is 1. The van der Waals surface area contributed by atoms with Crippen LogP contribution in [0.25, 0.3) is 10.9 Å². The number of carbonyl (C=O) groups is 1. The Morgan fingerprint density at radius 3 is 2.94 bits per heavy atom. The number of hydrogen-bond acceptors (Lipinski definition) is 2. The fraction of sp³-hybridized carbons (Fsp3) is 0.429. The summed E-state index contributed by atoms with van der Waals surface area (Å²) in [6.45, 7) is 0. The minimum absolute atomic E-state index is 0.0109. The molecule has 2 aromatic rings. The van der Waals surface area contributed by atoms with Gasteiger partial charge in [-0.15, -0.1) is 0 Å². The highest BCUT2D eigenvalue weighted by molar-refractivity contribution is 6.05. The summed E-state index contributed by atoms with van der Waals surface area (Å²) in [4.78, 5) is 12.3. The average molecular weight is 243 g/mol. The second kappa shape index (κ2) is 4.80. The number of aromatic amines is 1. The number of amides is 1. The summed E-state index contributed by atoms with van der Waals surface area (Å²) >= 11 is 0. The van der Waals surface area contributed by atoms with Crippen molar-refractivity contribution in [3.63, 3.8) is 0 Å². The highest BCUT2D eigenvalue weighted by Crippen LogP contribution is 2.19. The van der Waals surface area contributed by atoms with E-state index in [0.717, 1.165) is 23.7 Å². The Morgan fingerprint density at radius 2 is 2.11 bits per heavy atom. The van der Waals surface area contributed by atoms with Gasteiger partial charge in [0.25, 0.3) is 5.91 Å². The number of aromatic nitrogens is 2. The molecule has 2 N–H and O–H groups in total. The molecule has 1 aliphatic carbocycles. The van der Waals surface area contributed by atoms with Crippen molar-refractivity contribution in [3.05, 3.63) is 30.0 Å². The van der Waals surface area contributed by atoms with Gasteiger partial charge in [0.1, 0.15) is 0 Å². The van der Waals surface area contributed by atoms with Gasteiger partial charge in [-0.25, -0.2) is 0 Å². The van der Waals surface area contributed by atoms with E-state index in [0.29, 0.717) is 11.6 Å². The van der Waals surface area contributed by atoms with Crippen LogP contribution in [-0.4, -0.2) is 22.1 Å². The Balaban J connectivity index is 1.81. The molecule has 0 unspecified atom stereocenters. The van der Waals surface area contributed by atoms with Gasteiger partial charge in [0, 0.05) is 11.4 Å². The molecule has 1 aromatic carbocycles. The van der Waals surface area contributed by atoms with Crippen molar-refractivity contribution < 1.29 is 4.79 Å². The SMILES string of the molecule is O=C(NC1CCCCC1)c1cccc2cn[nH]c12. The zero-order valence-electron chi connectivity index (χ0n) is 10.3. The maximum absolute atomic E-state index is 12.3. The van der Waals surface area contributed by atoms with Gasteiger partial charge in [-0.05, 0) is 18.9 Å². The molecule has 0 atom stereocenters. The molecule has 4 nitrogen and oxygen atoms in total. The predicted molar refractivity (Wildman–Crippen MR) is 70.4 cm³/mol. The van der Waals surface area contributed by atoms with E-state index in [2.05, 4.69) is 15.5 Å². The molecule has 94 valence electrons. The maximum atomic E-state index is 12.3. The molecule has 1 saturated carbocycles. The summed E-state index contributed by atoms with van der Waals surface area (Å²) in [6, 6.07) is 6.03. The monoisotopic (exact) mass is 243 g/mol. The van der Waals surface area contributed by atoms with Crippen LogP contribution in [-0.2, 0) is 0 Å². The zero-order valence-corrected chi connectivity index (χ0v) is 10.3. The van der Waals surface area contributed by atoms with Crippen LogP contribution < -0.4 is 5.32 Å². The van der Waals surface area contributed by atoms with Gasteiger partial charge in [-0.1, -0.05) is 31.4 Å². The fourth-order valence-corrected chi connectivity index (χ4v) is 2.67. The largest absolute Gasteiger partial charge is 0.349 e. The second-order valence-corrected chi connectivity index (χ2v) is 4.95. The van der Waals surface area contributed by atoms with E-state index in [4.69, 9.17) is 0 Å². The van der Waals surface area contributed by atoms with E-state index in [9.17, 15) is 4.79 Å². The summed E-state index contributed by atoms with van der Waals surface area (Å²) in [6.07, 6.45) is 7.68. The minimum Gasteiger partial charge on any atom is -0.349 e. The minimum atomic E-state index is 0.0109. The molecule has 4 heteroatoms. The van der Waals surface area contributed by atoms with E-state index in [1.807, 2.05) is 18.2 Å². The molecule has 0 aliphatic heterocycles. The van der Waals surface area contributed by atoms with Crippen LogP contribution in [0, 0.1) is 0 Å². The third-order valence-electron chi connectivity index (χ3n) is 3.66. The number of fused-ring (bicyclic) bond motifs is 1. The Morgan fingerprint density at radius 1 is 1.28 bits per heavy atom. The first-order valence-electron chi connectivity index (χ1n) is 6.57. The summed E-state index contributed by atoms with van der Waals surface area (Å²) in [7, 11) is 0. The predicted octanol–water partition coefficient (Wildman–Crippen LogP) is 2.63. The van der Waals surface area contributed by atoms with Gasteiger partial charge in [0.2, 0.25) is 0 Å². The maximum Gasteiger partial charge on any atom is 0.253 e. The molecule has 0 saturated heterocycles. The molecule has 1 aromatic heterocycles. The number of para-hydroxylation sites is 1. The number of H-pyrrole nitrogens is 1. The topological polar surface area (TPSA) is 57.8 Å². The summed E-state index contributed by atoms with van der Waals surface area (Å²) < 4.78 is 0. The van der Waals surface area contributed by atoms with E-state index in [-0.39, 0.29) is 5.91 Å². The highest BCUT2D eigenvalue weighted by Gasteiger charge is 2.18. The van der Waals surface area contributed by atoms with Crippen molar-refractivity contribution in [2.24, 2.45) is 0 Å². The van der Waals surface area contributed by atoms with Gasteiger partial charge in [0.05, 0.1) is 17.3 Å². The molecule has 1 heterocycles. The molecule has 0 spiro atoms. The lowest BCUT2D eigenvalue weighted by Gasteiger charge is -2.22. The van der Waals surface area contributed by atoms with Crippen molar-refractivity contribution in [2.45, 2.75) is 38.1 Å². The number of hydrogen-bond donors (Lipinski definition) is 2. The lowest BCUT2D eigenvalue weighted by molar-refractivity contribution is 0.0929. The van der Waals surface area contributed by atoms with Crippen LogP contribution in [0.4, 0.5) is 0 Å². The number of carbonyl (C=O) groups excluding carboxylic acids is 1. The summed E-state index contributed by atoms with van der Waals surface area (Å²) in [5, 5.41) is 11.0. The Kier molecular flexibility index (Phi) is 3.00. The van der Waals surface area contributed by atoms with E-state index >= 15 is 0 Å². The summed E-state index contributed by atoms with van der Waals surface area (Å²) in [5.41, 5.74) is 1.52. The standard InChI is InChI=1S/C14H17N3O/c18-14(16-11-6-2-1-3-7-11)12-8-4-5-10-9-15-17-13(10)12/h4-5,8-9,11H,1-3,6-7H2,(H,15,17)(H,16,18). The van der Waals surface area contributed by atoms with Gasteiger partial charge in [-0.2, -0.15) is 5.10 Å². The number of benzene rings is 1. The first kappa shape index (κ1) is 11.3. The average Bonchev–Trinajstić information content (AvgIpc) is 2.87. The lowest BCUT2D eigenvalue weighted by Crippen LogP contribution is -2.36. The van der Waals surface area contributed by atoms with Crippen molar-refractivity contribution >= 4 is 16.8 Å². The third-order valence-corrected chi connectivity index (χ3v) is 3.66. The molecule has 1 amide bonds. The smallest absolute Gasteiger partial charge is 0.253 e. The molecular weight excluding hydrogens is 226 g/mol. The van der Waals surface area contributed by atoms with Crippen LogP contribution in [0.1, 0.15) is 42.5 Å². The zero-order chi connectivity index (χ0) is 12.4. The van der Waals surface area contributed by atoms with Crippen molar-refractivity contribution in [2.75, 3.05) is 0 Å². The Hall–Kier alpha value is -1.84. The number of rotatable bonds is 2. The fourth-order valence-electron chi connectivity index (χ4n) is 2.67. The normalized spacial score (nSPS) is 16.9. The first-order valence-corrected chi connectivity index (χ1v) is 6.57. The van der Waals surface area contributed by atoms with Crippen LogP contribution >= 0.6 is 0 Å². The molecular formula is C14H17N3O. The Bertz CT molecular complexity index is 555. The van der Waals surface area contributed by atoms with Crippen LogP contribution in [0.15, 0.2) is 24.4 Å². The van der Waals surface area contributed by atoms with Crippen LogP contribution in [0.3, 0.4) is 0 Å². The third kappa shape index (κ3) is 2.10. The molecule has 0 bridgehead atoms. The molecule has 3 rings (SSSR count). The van der Waals surface area contributed by atoms with Crippen molar-refractivity contribution in [3.8, 4) is 0 Å². The summed E-state index contributed by atoms with van der Waals surface area (Å²) in [5.74, 6) is 0.0109. The van der Waals surface area contributed by atoms with Crippen molar-refractivity contribution in [1.82, 2.24) is 15.5 Å². The Labute approximate surface area is 106 Å². The molecule has 1 aliphatic rings.